The molecule has 2 rings (SSSR count). The molecule has 0 bridgehead atoms. The first-order chi connectivity index (χ1) is 9.56. The first-order valence-corrected chi connectivity index (χ1v) is 6.61. The third-order valence-corrected chi connectivity index (χ3v) is 3.12. The molecule has 2 aromatic rings. The molecule has 3 nitrogen and oxygen atoms in total. The van der Waals surface area contributed by atoms with Gasteiger partial charge in [-0.3, -0.25) is 4.79 Å². The molecule has 0 saturated heterocycles. The van der Waals surface area contributed by atoms with Crippen LogP contribution in [0.15, 0.2) is 53.6 Å². The minimum absolute atomic E-state index is 0.256. The molecule has 0 aliphatic carbocycles. The third kappa shape index (κ3) is 3.68. The zero-order valence-electron chi connectivity index (χ0n) is 11.4. The fraction of sp³-hybridized carbons (Fsp3) is 0.125. The maximum atomic E-state index is 11.9. The average Bonchev–Trinajstić information content (AvgIpc) is 2.45. The van der Waals surface area contributed by atoms with Gasteiger partial charge in [-0.15, -0.1) is 0 Å². The van der Waals surface area contributed by atoms with Crippen LogP contribution in [0.1, 0.15) is 28.4 Å². The standard InChI is InChI=1S/C16H15ClN2O/c1-11-4-3-5-14(10-11)12(2)18-19-16(20)13-6-8-15(17)9-7-13/h3-10H,1-2H3,(H,19,20)/b18-12+. The summed E-state index contributed by atoms with van der Waals surface area (Å²) < 4.78 is 0. The first-order valence-electron chi connectivity index (χ1n) is 6.23. The van der Waals surface area contributed by atoms with E-state index in [2.05, 4.69) is 10.5 Å². The Labute approximate surface area is 123 Å². The second-order valence-electron chi connectivity index (χ2n) is 4.51. The Balaban J connectivity index is 2.08. The van der Waals surface area contributed by atoms with Crippen LogP contribution in [0.5, 0.6) is 0 Å². The smallest absolute Gasteiger partial charge is 0.267 e. The van der Waals surface area contributed by atoms with Crippen molar-refractivity contribution in [2.45, 2.75) is 13.8 Å². The quantitative estimate of drug-likeness (QED) is 0.677. The van der Waals surface area contributed by atoms with Gasteiger partial charge in [0.2, 0.25) is 0 Å². The topological polar surface area (TPSA) is 41.5 Å². The second-order valence-corrected chi connectivity index (χ2v) is 4.95. The number of hydrogen-bond donors (Lipinski definition) is 1. The molecule has 0 fully saturated rings. The van der Waals surface area contributed by atoms with E-state index in [4.69, 9.17) is 11.6 Å². The van der Waals surface area contributed by atoms with Crippen LogP contribution in [-0.4, -0.2) is 11.6 Å². The van der Waals surface area contributed by atoms with Crippen molar-refractivity contribution in [1.82, 2.24) is 5.43 Å². The predicted octanol–water partition coefficient (Wildman–Crippen LogP) is 3.80. The summed E-state index contributed by atoms with van der Waals surface area (Å²) in [6.45, 7) is 3.87. The van der Waals surface area contributed by atoms with Crippen molar-refractivity contribution in [2.24, 2.45) is 5.10 Å². The van der Waals surface area contributed by atoms with Gasteiger partial charge in [0, 0.05) is 10.6 Å². The van der Waals surface area contributed by atoms with E-state index in [0.717, 1.165) is 16.8 Å². The molecular weight excluding hydrogens is 272 g/mol. The zero-order chi connectivity index (χ0) is 14.5. The SMILES string of the molecule is C/C(=N\NC(=O)c1ccc(Cl)cc1)c1cccc(C)c1. The summed E-state index contributed by atoms with van der Waals surface area (Å²) in [6.07, 6.45) is 0. The van der Waals surface area contributed by atoms with Crippen molar-refractivity contribution in [3.05, 3.63) is 70.2 Å². The lowest BCUT2D eigenvalue weighted by Crippen LogP contribution is -2.19. The zero-order valence-corrected chi connectivity index (χ0v) is 12.1. The predicted molar refractivity (Wildman–Crippen MR) is 82.3 cm³/mol. The molecule has 1 N–H and O–H groups in total. The van der Waals surface area contributed by atoms with Crippen LogP contribution in [0, 0.1) is 6.92 Å². The van der Waals surface area contributed by atoms with Crippen LogP contribution in [0.3, 0.4) is 0 Å². The van der Waals surface area contributed by atoms with Crippen LogP contribution >= 0.6 is 11.6 Å². The molecule has 20 heavy (non-hydrogen) atoms. The Kier molecular flexibility index (Phi) is 4.53. The molecule has 0 unspecified atom stereocenters. The van der Waals surface area contributed by atoms with Gasteiger partial charge in [0.25, 0.3) is 5.91 Å². The van der Waals surface area contributed by atoms with Crippen molar-refractivity contribution in [3.63, 3.8) is 0 Å². The number of carbonyl (C=O) groups is 1. The normalized spacial score (nSPS) is 11.2. The van der Waals surface area contributed by atoms with Crippen LogP contribution in [0.2, 0.25) is 5.02 Å². The molecule has 0 aromatic heterocycles. The van der Waals surface area contributed by atoms with E-state index in [-0.39, 0.29) is 5.91 Å². The molecule has 102 valence electrons. The first kappa shape index (κ1) is 14.3. The lowest BCUT2D eigenvalue weighted by atomic mass is 10.1. The number of halogens is 1. The summed E-state index contributed by atoms with van der Waals surface area (Å²) in [5.41, 5.74) is 5.97. The number of rotatable bonds is 3. The summed E-state index contributed by atoms with van der Waals surface area (Å²) in [5.74, 6) is -0.256. The largest absolute Gasteiger partial charge is 0.271 e. The molecule has 0 aliphatic heterocycles. The molecule has 4 heteroatoms. The van der Waals surface area contributed by atoms with E-state index in [0.29, 0.717) is 10.6 Å². The van der Waals surface area contributed by atoms with E-state index < -0.39 is 0 Å². The fourth-order valence-electron chi connectivity index (χ4n) is 1.74. The summed E-state index contributed by atoms with van der Waals surface area (Å²) in [7, 11) is 0. The van der Waals surface area contributed by atoms with Crippen molar-refractivity contribution in [2.75, 3.05) is 0 Å². The minimum atomic E-state index is -0.256. The number of aryl methyl sites for hydroxylation is 1. The molecule has 0 saturated carbocycles. The fourth-order valence-corrected chi connectivity index (χ4v) is 1.86. The number of benzene rings is 2. The van der Waals surface area contributed by atoms with Crippen LogP contribution in [0.4, 0.5) is 0 Å². The molecule has 1 amide bonds. The lowest BCUT2D eigenvalue weighted by molar-refractivity contribution is 0.0955. The Morgan fingerprint density at radius 2 is 1.80 bits per heavy atom. The molecule has 0 aliphatic rings. The van der Waals surface area contributed by atoms with E-state index in [9.17, 15) is 4.79 Å². The highest BCUT2D eigenvalue weighted by Gasteiger charge is 2.04. The summed E-state index contributed by atoms with van der Waals surface area (Å²) in [4.78, 5) is 11.9. The Morgan fingerprint density at radius 3 is 2.45 bits per heavy atom. The summed E-state index contributed by atoms with van der Waals surface area (Å²) in [5, 5.41) is 4.72. The highest BCUT2D eigenvalue weighted by Crippen LogP contribution is 2.09. The number of carbonyl (C=O) groups excluding carboxylic acids is 1. The van der Waals surface area contributed by atoms with Crippen molar-refractivity contribution >= 4 is 23.2 Å². The molecular formula is C16H15ClN2O. The van der Waals surface area contributed by atoms with Gasteiger partial charge in [0.15, 0.2) is 0 Å². The van der Waals surface area contributed by atoms with Crippen LogP contribution < -0.4 is 5.43 Å². The highest BCUT2D eigenvalue weighted by molar-refractivity contribution is 6.30. The highest BCUT2D eigenvalue weighted by atomic mass is 35.5. The van der Waals surface area contributed by atoms with Gasteiger partial charge < -0.3 is 0 Å². The van der Waals surface area contributed by atoms with Crippen molar-refractivity contribution in [1.29, 1.82) is 0 Å². The molecule has 2 aromatic carbocycles. The maximum absolute atomic E-state index is 11.9. The molecule has 0 radical (unpaired) electrons. The molecule has 0 atom stereocenters. The van der Waals surface area contributed by atoms with Gasteiger partial charge in [-0.05, 0) is 43.7 Å². The van der Waals surface area contributed by atoms with E-state index in [1.54, 1.807) is 24.3 Å². The molecule has 0 heterocycles. The van der Waals surface area contributed by atoms with Crippen molar-refractivity contribution in [3.8, 4) is 0 Å². The van der Waals surface area contributed by atoms with E-state index in [1.807, 2.05) is 38.1 Å². The van der Waals surface area contributed by atoms with Crippen LogP contribution in [-0.2, 0) is 0 Å². The van der Waals surface area contributed by atoms with Gasteiger partial charge in [0.05, 0.1) is 5.71 Å². The Hall–Kier alpha value is -2.13. The van der Waals surface area contributed by atoms with Crippen LogP contribution in [0.25, 0.3) is 0 Å². The number of amides is 1. The second kappa shape index (κ2) is 6.35. The average molecular weight is 287 g/mol. The summed E-state index contributed by atoms with van der Waals surface area (Å²) >= 11 is 5.78. The maximum Gasteiger partial charge on any atom is 0.271 e. The van der Waals surface area contributed by atoms with Gasteiger partial charge in [-0.2, -0.15) is 5.10 Å². The van der Waals surface area contributed by atoms with Gasteiger partial charge in [0.1, 0.15) is 0 Å². The monoisotopic (exact) mass is 286 g/mol. The Morgan fingerprint density at radius 1 is 1.10 bits per heavy atom. The van der Waals surface area contributed by atoms with E-state index in [1.165, 1.54) is 0 Å². The minimum Gasteiger partial charge on any atom is -0.267 e. The number of hydrogen-bond acceptors (Lipinski definition) is 2. The number of nitrogens with zero attached hydrogens (tertiary/aromatic N) is 1. The Bertz CT molecular complexity index is 648. The van der Waals surface area contributed by atoms with E-state index >= 15 is 0 Å². The molecule has 0 spiro atoms. The third-order valence-electron chi connectivity index (χ3n) is 2.87. The number of nitrogens with one attached hydrogen (secondary N) is 1. The summed E-state index contributed by atoms with van der Waals surface area (Å²) in [6, 6.07) is 14.6. The lowest BCUT2D eigenvalue weighted by Gasteiger charge is -2.04. The van der Waals surface area contributed by atoms with Gasteiger partial charge in [-0.25, -0.2) is 5.43 Å². The van der Waals surface area contributed by atoms with Gasteiger partial charge in [-0.1, -0.05) is 41.4 Å². The number of hydrazone groups is 1. The van der Waals surface area contributed by atoms with Crippen molar-refractivity contribution < 1.29 is 4.79 Å². The van der Waals surface area contributed by atoms with Gasteiger partial charge >= 0.3 is 0 Å².